The lowest BCUT2D eigenvalue weighted by Gasteiger charge is -2.24. The van der Waals surface area contributed by atoms with Gasteiger partial charge in [-0.2, -0.15) is 0 Å². The lowest BCUT2D eigenvalue weighted by molar-refractivity contribution is -0.142. The number of nitrogens with one attached hydrogen (secondary N) is 1. The fourth-order valence-electron chi connectivity index (χ4n) is 1.73. The highest BCUT2D eigenvalue weighted by molar-refractivity contribution is 5.80. The molecule has 21 heavy (non-hydrogen) atoms. The largest absolute Gasteiger partial charge is 0.480 e. The van der Waals surface area contributed by atoms with Gasteiger partial charge in [0, 0.05) is 6.42 Å². The average molecular weight is 295 g/mol. The van der Waals surface area contributed by atoms with E-state index in [1.165, 1.54) is 0 Å². The molecule has 2 atom stereocenters. The fourth-order valence-corrected chi connectivity index (χ4v) is 1.73. The maximum atomic E-state index is 11.6. The molecule has 1 amide bonds. The predicted molar refractivity (Wildman–Crippen MR) is 76.9 cm³/mol. The van der Waals surface area contributed by atoms with Crippen LogP contribution in [0.25, 0.3) is 0 Å². The van der Waals surface area contributed by atoms with Crippen LogP contribution in [-0.2, 0) is 16.0 Å². The Morgan fingerprint density at radius 3 is 2.29 bits per heavy atom. The van der Waals surface area contributed by atoms with Crippen LogP contribution in [0.2, 0.25) is 0 Å². The van der Waals surface area contributed by atoms with E-state index in [1.807, 2.05) is 6.07 Å². The number of aliphatic carboxylic acids is 1. The van der Waals surface area contributed by atoms with E-state index < -0.39 is 29.8 Å². The van der Waals surface area contributed by atoms with Crippen LogP contribution in [0.3, 0.4) is 0 Å². The van der Waals surface area contributed by atoms with E-state index in [0.29, 0.717) is 0 Å². The van der Waals surface area contributed by atoms with Crippen molar-refractivity contribution in [3.8, 4) is 0 Å². The number of ether oxygens (including phenoxy) is 1. The highest BCUT2D eigenvalue weighted by Crippen LogP contribution is 2.09. The number of rotatable bonds is 5. The van der Waals surface area contributed by atoms with Gasteiger partial charge in [0.15, 0.2) is 6.04 Å². The third kappa shape index (κ3) is 6.27. The van der Waals surface area contributed by atoms with E-state index in [4.69, 9.17) is 9.84 Å². The number of aliphatic hydroxyl groups is 1. The monoisotopic (exact) mass is 295 g/mol. The van der Waals surface area contributed by atoms with Gasteiger partial charge in [0.2, 0.25) is 0 Å². The Morgan fingerprint density at radius 2 is 1.81 bits per heavy atom. The Hall–Kier alpha value is -2.08. The zero-order valence-corrected chi connectivity index (χ0v) is 12.4. The highest BCUT2D eigenvalue weighted by Gasteiger charge is 2.30. The van der Waals surface area contributed by atoms with Gasteiger partial charge < -0.3 is 20.3 Å². The van der Waals surface area contributed by atoms with Crippen molar-refractivity contribution in [3.05, 3.63) is 35.9 Å². The second-order valence-electron chi connectivity index (χ2n) is 5.72. The van der Waals surface area contributed by atoms with Crippen molar-refractivity contribution in [2.45, 2.75) is 44.9 Å². The number of alkyl carbamates (subject to hydrolysis) is 1. The number of aliphatic hydroxyl groups excluding tert-OH is 1. The minimum atomic E-state index is -1.43. The molecule has 116 valence electrons. The lowest BCUT2D eigenvalue weighted by Crippen LogP contribution is -2.50. The second kappa shape index (κ2) is 7.08. The van der Waals surface area contributed by atoms with Crippen LogP contribution >= 0.6 is 0 Å². The highest BCUT2D eigenvalue weighted by atomic mass is 16.6. The molecule has 0 aliphatic carbocycles. The number of hydrogen-bond donors (Lipinski definition) is 3. The maximum absolute atomic E-state index is 11.6. The maximum Gasteiger partial charge on any atom is 0.408 e. The third-order valence-electron chi connectivity index (χ3n) is 2.61. The summed E-state index contributed by atoms with van der Waals surface area (Å²) in [6.45, 7) is 5.01. The smallest absolute Gasteiger partial charge is 0.408 e. The minimum absolute atomic E-state index is 0.119. The summed E-state index contributed by atoms with van der Waals surface area (Å²) in [7, 11) is 0. The van der Waals surface area contributed by atoms with Gasteiger partial charge in [-0.3, -0.25) is 0 Å². The van der Waals surface area contributed by atoms with Gasteiger partial charge in [-0.05, 0) is 26.3 Å². The van der Waals surface area contributed by atoms with Crippen LogP contribution in [0.5, 0.6) is 0 Å². The van der Waals surface area contributed by atoms with E-state index in [1.54, 1.807) is 45.0 Å². The van der Waals surface area contributed by atoms with Crippen LogP contribution in [-0.4, -0.2) is 40.0 Å². The molecule has 3 N–H and O–H groups in total. The zero-order chi connectivity index (χ0) is 16.0. The molecule has 6 nitrogen and oxygen atoms in total. The molecule has 0 aliphatic rings. The van der Waals surface area contributed by atoms with Gasteiger partial charge in [-0.15, -0.1) is 0 Å². The first kappa shape index (κ1) is 17.0. The van der Waals surface area contributed by atoms with Gasteiger partial charge in [0.05, 0.1) is 6.10 Å². The molecule has 0 saturated heterocycles. The number of amides is 1. The quantitative estimate of drug-likeness (QED) is 0.766. The van der Waals surface area contributed by atoms with Crippen LogP contribution < -0.4 is 5.32 Å². The Balaban J connectivity index is 2.68. The summed E-state index contributed by atoms with van der Waals surface area (Å²) < 4.78 is 4.99. The Kier molecular flexibility index (Phi) is 5.72. The summed E-state index contributed by atoms with van der Waals surface area (Å²) >= 11 is 0. The molecule has 1 aromatic rings. The number of benzene rings is 1. The van der Waals surface area contributed by atoms with E-state index in [9.17, 15) is 14.7 Å². The first-order valence-corrected chi connectivity index (χ1v) is 6.63. The predicted octanol–water partition coefficient (Wildman–Crippen LogP) is 1.57. The summed E-state index contributed by atoms with van der Waals surface area (Å²) in [5, 5.41) is 21.3. The minimum Gasteiger partial charge on any atom is -0.480 e. The molecule has 0 aromatic heterocycles. The molecule has 0 saturated carbocycles. The van der Waals surface area contributed by atoms with Crippen molar-refractivity contribution in [3.63, 3.8) is 0 Å². The second-order valence-corrected chi connectivity index (χ2v) is 5.72. The number of carboxylic acids is 1. The number of carbonyl (C=O) groups is 2. The van der Waals surface area contributed by atoms with E-state index >= 15 is 0 Å². The molecule has 0 heterocycles. The molecule has 0 radical (unpaired) electrons. The van der Waals surface area contributed by atoms with E-state index in [0.717, 1.165) is 5.56 Å². The van der Waals surface area contributed by atoms with Crippen molar-refractivity contribution >= 4 is 12.1 Å². The molecule has 0 unspecified atom stereocenters. The summed E-state index contributed by atoms with van der Waals surface area (Å²) in [6, 6.07) is 7.52. The van der Waals surface area contributed by atoms with E-state index in [2.05, 4.69) is 5.32 Å². The molecule has 0 bridgehead atoms. The van der Waals surface area contributed by atoms with Gasteiger partial charge in [0.1, 0.15) is 5.60 Å². The van der Waals surface area contributed by atoms with Crippen molar-refractivity contribution < 1.29 is 24.5 Å². The molecular weight excluding hydrogens is 274 g/mol. The molecular formula is C15H21NO5. The molecule has 0 fully saturated rings. The summed E-state index contributed by atoms with van der Waals surface area (Å²) in [6.07, 6.45) is -2.01. The van der Waals surface area contributed by atoms with Crippen molar-refractivity contribution in [1.82, 2.24) is 5.32 Å². The van der Waals surface area contributed by atoms with Gasteiger partial charge >= 0.3 is 12.1 Å². The molecule has 0 aliphatic heterocycles. The fraction of sp³-hybridized carbons (Fsp3) is 0.467. The Morgan fingerprint density at radius 1 is 1.24 bits per heavy atom. The van der Waals surface area contributed by atoms with Gasteiger partial charge in [-0.25, -0.2) is 9.59 Å². The number of hydrogen-bond acceptors (Lipinski definition) is 4. The van der Waals surface area contributed by atoms with E-state index in [-0.39, 0.29) is 6.42 Å². The van der Waals surface area contributed by atoms with Gasteiger partial charge in [0.25, 0.3) is 0 Å². The molecule has 0 spiro atoms. The standard InChI is InChI=1S/C15H21NO5/c1-15(2,3)21-14(20)16-12(13(18)19)11(17)9-10-7-5-4-6-8-10/h4-8,11-12,17H,9H2,1-3H3,(H,16,20)(H,18,19)/t11-,12+/m1/s1. The lowest BCUT2D eigenvalue weighted by atomic mass is 10.0. The summed E-state index contributed by atoms with van der Waals surface area (Å²) in [5.74, 6) is -1.32. The molecule has 1 aromatic carbocycles. The Labute approximate surface area is 123 Å². The van der Waals surface area contributed by atoms with Crippen molar-refractivity contribution in [1.29, 1.82) is 0 Å². The summed E-state index contributed by atoms with van der Waals surface area (Å²) in [4.78, 5) is 22.8. The zero-order valence-electron chi connectivity index (χ0n) is 12.4. The van der Waals surface area contributed by atoms with Crippen molar-refractivity contribution in [2.24, 2.45) is 0 Å². The van der Waals surface area contributed by atoms with Gasteiger partial charge in [-0.1, -0.05) is 30.3 Å². The van der Waals surface area contributed by atoms with Crippen LogP contribution in [0.4, 0.5) is 4.79 Å². The van der Waals surface area contributed by atoms with Crippen LogP contribution in [0.15, 0.2) is 30.3 Å². The molecule has 6 heteroatoms. The summed E-state index contributed by atoms with van der Waals surface area (Å²) in [5.41, 5.74) is 0.0413. The van der Waals surface area contributed by atoms with Crippen LogP contribution in [0, 0.1) is 0 Å². The van der Waals surface area contributed by atoms with Crippen molar-refractivity contribution in [2.75, 3.05) is 0 Å². The number of carboxylic acid groups (broad SMARTS) is 1. The SMILES string of the molecule is CC(C)(C)OC(=O)N[C@H](C(=O)O)[C@H](O)Cc1ccccc1. The topological polar surface area (TPSA) is 95.9 Å². The molecule has 1 rings (SSSR count). The number of carbonyl (C=O) groups excluding carboxylic acids is 1. The normalized spacial score (nSPS) is 14.1. The third-order valence-corrected chi connectivity index (χ3v) is 2.61. The first-order chi connectivity index (χ1) is 9.69. The average Bonchev–Trinajstić information content (AvgIpc) is 2.34. The Bertz CT molecular complexity index is 481. The first-order valence-electron chi connectivity index (χ1n) is 6.63. The van der Waals surface area contributed by atoms with Crippen LogP contribution in [0.1, 0.15) is 26.3 Å².